The molecule has 0 aliphatic rings. The molecule has 0 heterocycles. The van der Waals surface area contributed by atoms with E-state index in [-0.39, 0.29) is 5.84 Å². The van der Waals surface area contributed by atoms with Gasteiger partial charge in [0.2, 0.25) is 0 Å². The summed E-state index contributed by atoms with van der Waals surface area (Å²) in [6.07, 6.45) is 0.442. The first-order valence-electron chi connectivity index (χ1n) is 3.79. The van der Waals surface area contributed by atoms with Crippen molar-refractivity contribution in [2.24, 2.45) is 5.73 Å². The average Bonchev–Trinajstić information content (AvgIpc) is 2.08. The number of nitrogens with one attached hydrogen (secondary N) is 1. The molecule has 0 atom stereocenters. The van der Waals surface area contributed by atoms with Gasteiger partial charge in [-0.3, -0.25) is 5.41 Å². The van der Waals surface area contributed by atoms with Crippen molar-refractivity contribution < 1.29 is 4.74 Å². The molecule has 70 valence electrons. The highest BCUT2D eigenvalue weighted by molar-refractivity contribution is 9.10. The van der Waals surface area contributed by atoms with Crippen LogP contribution in [-0.2, 0) is 6.42 Å². The Morgan fingerprint density at radius 3 is 2.85 bits per heavy atom. The molecule has 0 aromatic heterocycles. The second-order valence-electron chi connectivity index (χ2n) is 2.64. The highest BCUT2D eigenvalue weighted by atomic mass is 79.9. The lowest BCUT2D eigenvalue weighted by atomic mass is 10.1. The fraction of sp³-hybridized carbons (Fsp3) is 0.222. The first-order chi connectivity index (χ1) is 6.15. The lowest BCUT2D eigenvalue weighted by Crippen LogP contribution is -2.13. The third kappa shape index (κ3) is 2.45. The number of ether oxygens (including phenoxy) is 1. The number of methoxy groups -OCH3 is 1. The molecule has 13 heavy (non-hydrogen) atoms. The van der Waals surface area contributed by atoms with E-state index >= 15 is 0 Å². The van der Waals surface area contributed by atoms with Gasteiger partial charge in [0.1, 0.15) is 5.75 Å². The molecule has 1 rings (SSSR count). The normalized spacial score (nSPS) is 9.69. The Bertz CT molecular complexity index is 325. The molecule has 0 unspecified atom stereocenters. The number of rotatable bonds is 3. The first kappa shape index (κ1) is 10.1. The Hall–Kier alpha value is -1.03. The Labute approximate surface area is 85.5 Å². The van der Waals surface area contributed by atoms with E-state index in [1.54, 1.807) is 7.11 Å². The van der Waals surface area contributed by atoms with Gasteiger partial charge >= 0.3 is 0 Å². The van der Waals surface area contributed by atoms with Gasteiger partial charge in [-0.05, 0) is 27.6 Å². The maximum atomic E-state index is 7.17. The quantitative estimate of drug-likeness (QED) is 0.629. The van der Waals surface area contributed by atoms with Crippen LogP contribution >= 0.6 is 15.9 Å². The third-order valence-electron chi connectivity index (χ3n) is 1.64. The van der Waals surface area contributed by atoms with Gasteiger partial charge in [-0.1, -0.05) is 12.1 Å². The molecule has 0 radical (unpaired) electrons. The number of hydrogen-bond donors (Lipinski definition) is 2. The minimum Gasteiger partial charge on any atom is -0.496 e. The monoisotopic (exact) mass is 242 g/mol. The van der Waals surface area contributed by atoms with E-state index in [0.29, 0.717) is 6.42 Å². The number of nitrogens with two attached hydrogens (primary N) is 1. The molecule has 0 amide bonds. The summed E-state index contributed by atoms with van der Waals surface area (Å²) in [6.45, 7) is 0. The minimum atomic E-state index is 0.147. The Kier molecular flexibility index (Phi) is 3.31. The molecular formula is C9H11BrN2O. The van der Waals surface area contributed by atoms with Crippen LogP contribution in [0.25, 0.3) is 0 Å². The fourth-order valence-corrected chi connectivity index (χ4v) is 1.62. The van der Waals surface area contributed by atoms with E-state index in [4.69, 9.17) is 15.9 Å². The molecule has 0 bridgehead atoms. The molecule has 0 fully saturated rings. The maximum Gasteiger partial charge on any atom is 0.133 e. The predicted octanol–water partition coefficient (Wildman–Crippen LogP) is 1.94. The van der Waals surface area contributed by atoms with E-state index in [0.717, 1.165) is 15.8 Å². The number of benzene rings is 1. The zero-order valence-corrected chi connectivity index (χ0v) is 8.89. The Morgan fingerprint density at radius 2 is 2.31 bits per heavy atom. The summed E-state index contributed by atoms with van der Waals surface area (Å²) in [5.74, 6) is 0.910. The van der Waals surface area contributed by atoms with E-state index < -0.39 is 0 Å². The molecule has 1 aromatic carbocycles. The number of hydrogen-bond acceptors (Lipinski definition) is 2. The summed E-state index contributed by atoms with van der Waals surface area (Å²) in [7, 11) is 1.61. The van der Waals surface area contributed by atoms with Gasteiger partial charge in [0.15, 0.2) is 0 Å². The molecule has 0 saturated heterocycles. The largest absolute Gasteiger partial charge is 0.496 e. The highest BCUT2D eigenvalue weighted by Crippen LogP contribution is 2.28. The van der Waals surface area contributed by atoms with Crippen molar-refractivity contribution in [1.82, 2.24) is 0 Å². The average molecular weight is 243 g/mol. The highest BCUT2D eigenvalue weighted by Gasteiger charge is 2.05. The van der Waals surface area contributed by atoms with Crippen LogP contribution in [0.15, 0.2) is 22.7 Å². The smallest absolute Gasteiger partial charge is 0.133 e. The third-order valence-corrected chi connectivity index (χ3v) is 2.54. The van der Waals surface area contributed by atoms with Crippen molar-refractivity contribution in [3.8, 4) is 5.75 Å². The van der Waals surface area contributed by atoms with Crippen LogP contribution in [0.3, 0.4) is 0 Å². The second kappa shape index (κ2) is 4.28. The van der Waals surface area contributed by atoms with Gasteiger partial charge in [-0.25, -0.2) is 0 Å². The van der Waals surface area contributed by atoms with Crippen LogP contribution in [0.1, 0.15) is 5.56 Å². The van der Waals surface area contributed by atoms with Gasteiger partial charge in [-0.15, -0.1) is 0 Å². The van der Waals surface area contributed by atoms with Gasteiger partial charge in [0.25, 0.3) is 0 Å². The molecule has 0 aliphatic carbocycles. The molecule has 3 nitrogen and oxygen atoms in total. The zero-order valence-electron chi connectivity index (χ0n) is 7.30. The Morgan fingerprint density at radius 1 is 1.62 bits per heavy atom. The minimum absolute atomic E-state index is 0.147. The van der Waals surface area contributed by atoms with E-state index in [2.05, 4.69) is 15.9 Å². The summed E-state index contributed by atoms with van der Waals surface area (Å²) < 4.78 is 5.98. The summed E-state index contributed by atoms with van der Waals surface area (Å²) >= 11 is 3.39. The van der Waals surface area contributed by atoms with Gasteiger partial charge in [-0.2, -0.15) is 0 Å². The summed E-state index contributed by atoms with van der Waals surface area (Å²) in [4.78, 5) is 0. The Balaban J connectivity index is 3.01. The summed E-state index contributed by atoms with van der Waals surface area (Å²) in [6, 6.07) is 5.64. The van der Waals surface area contributed by atoms with E-state index in [9.17, 15) is 0 Å². The van der Waals surface area contributed by atoms with Crippen LogP contribution in [0, 0.1) is 5.41 Å². The molecule has 0 saturated carbocycles. The van der Waals surface area contributed by atoms with Gasteiger partial charge in [0, 0.05) is 6.42 Å². The second-order valence-corrected chi connectivity index (χ2v) is 3.43. The lowest BCUT2D eigenvalue weighted by Gasteiger charge is -2.07. The zero-order chi connectivity index (χ0) is 9.84. The van der Waals surface area contributed by atoms with Gasteiger partial charge in [0.05, 0.1) is 17.4 Å². The molecule has 1 aromatic rings. The number of halogens is 1. The standard InChI is InChI=1S/C9H11BrN2O/c1-13-7-4-2-3-6(9(7)10)5-8(11)12/h2-4H,5H2,1H3,(H3,11,12). The first-order valence-corrected chi connectivity index (χ1v) is 4.58. The van der Waals surface area contributed by atoms with E-state index in [1.165, 1.54) is 0 Å². The molecule has 0 spiro atoms. The van der Waals surface area contributed by atoms with Crippen LogP contribution in [0.5, 0.6) is 5.75 Å². The van der Waals surface area contributed by atoms with Crippen LogP contribution < -0.4 is 10.5 Å². The van der Waals surface area contributed by atoms with E-state index in [1.807, 2.05) is 18.2 Å². The van der Waals surface area contributed by atoms with Crippen molar-refractivity contribution >= 4 is 21.8 Å². The van der Waals surface area contributed by atoms with Crippen LogP contribution in [-0.4, -0.2) is 12.9 Å². The SMILES string of the molecule is COc1cccc(CC(=N)N)c1Br. The molecule has 3 N–H and O–H groups in total. The number of amidine groups is 1. The topological polar surface area (TPSA) is 59.1 Å². The molecule has 4 heteroatoms. The molecular weight excluding hydrogens is 232 g/mol. The van der Waals surface area contributed by atoms with Crippen molar-refractivity contribution in [3.63, 3.8) is 0 Å². The van der Waals surface area contributed by atoms with Crippen molar-refractivity contribution in [3.05, 3.63) is 28.2 Å². The van der Waals surface area contributed by atoms with Crippen LogP contribution in [0.4, 0.5) is 0 Å². The lowest BCUT2D eigenvalue weighted by molar-refractivity contribution is 0.411. The fourth-order valence-electron chi connectivity index (χ4n) is 1.06. The van der Waals surface area contributed by atoms with Gasteiger partial charge < -0.3 is 10.5 Å². The van der Waals surface area contributed by atoms with Crippen molar-refractivity contribution in [2.45, 2.75) is 6.42 Å². The van der Waals surface area contributed by atoms with Crippen LogP contribution in [0.2, 0.25) is 0 Å². The van der Waals surface area contributed by atoms with Crippen molar-refractivity contribution in [1.29, 1.82) is 5.41 Å². The maximum absolute atomic E-state index is 7.17. The summed E-state index contributed by atoms with van der Waals surface area (Å²) in [5.41, 5.74) is 6.27. The van der Waals surface area contributed by atoms with Crippen molar-refractivity contribution in [2.75, 3.05) is 7.11 Å². The summed E-state index contributed by atoms with van der Waals surface area (Å²) in [5, 5.41) is 7.17. The molecule has 0 aliphatic heterocycles. The predicted molar refractivity (Wildman–Crippen MR) is 56.3 cm³/mol.